The summed E-state index contributed by atoms with van der Waals surface area (Å²) < 4.78 is 2.17. The van der Waals surface area contributed by atoms with Gasteiger partial charge in [-0.15, -0.1) is 0 Å². The van der Waals surface area contributed by atoms with Crippen LogP contribution < -0.4 is 0 Å². The summed E-state index contributed by atoms with van der Waals surface area (Å²) in [6.45, 7) is 2.91. The fourth-order valence-electron chi connectivity index (χ4n) is 2.62. The molecule has 3 nitrogen and oxygen atoms in total. The Morgan fingerprint density at radius 2 is 1.95 bits per heavy atom. The normalized spacial score (nSPS) is 10.9. The Morgan fingerprint density at radius 3 is 2.71 bits per heavy atom. The maximum absolute atomic E-state index is 10.9. The van der Waals surface area contributed by atoms with E-state index < -0.39 is 5.97 Å². The monoisotopic (exact) mass is 279 g/mol. The van der Waals surface area contributed by atoms with Crippen molar-refractivity contribution >= 4 is 16.9 Å². The Morgan fingerprint density at radius 1 is 1.14 bits per heavy atom. The highest BCUT2D eigenvalue weighted by atomic mass is 16.4. The van der Waals surface area contributed by atoms with E-state index in [0.717, 1.165) is 23.0 Å². The first-order chi connectivity index (χ1) is 10.1. The third-order valence-corrected chi connectivity index (χ3v) is 3.80. The summed E-state index contributed by atoms with van der Waals surface area (Å²) in [6.07, 6.45) is 2.12. The van der Waals surface area contributed by atoms with Crippen LogP contribution >= 0.6 is 0 Å². The molecule has 0 saturated carbocycles. The van der Waals surface area contributed by atoms with Crippen LogP contribution in [0.5, 0.6) is 0 Å². The number of carboxylic acid groups (broad SMARTS) is 1. The number of fused-ring (bicyclic) bond motifs is 1. The minimum atomic E-state index is -0.800. The molecule has 0 unspecified atom stereocenters. The molecule has 0 atom stereocenters. The van der Waals surface area contributed by atoms with Crippen LogP contribution in [0.4, 0.5) is 0 Å². The van der Waals surface area contributed by atoms with Crippen molar-refractivity contribution in [1.82, 2.24) is 4.57 Å². The summed E-state index contributed by atoms with van der Waals surface area (Å²) in [5.41, 5.74) is 4.46. The zero-order valence-electron chi connectivity index (χ0n) is 11.9. The van der Waals surface area contributed by atoms with Gasteiger partial charge in [-0.05, 0) is 41.1 Å². The second kappa shape index (κ2) is 5.44. The number of nitrogens with zero attached hydrogens (tertiary/aromatic N) is 1. The molecule has 106 valence electrons. The van der Waals surface area contributed by atoms with Gasteiger partial charge < -0.3 is 9.67 Å². The van der Waals surface area contributed by atoms with Crippen LogP contribution in [0.3, 0.4) is 0 Å². The zero-order valence-corrected chi connectivity index (χ0v) is 11.9. The molecule has 1 aromatic heterocycles. The minimum absolute atomic E-state index is 0.0610. The van der Waals surface area contributed by atoms with Gasteiger partial charge in [-0.1, -0.05) is 36.4 Å². The van der Waals surface area contributed by atoms with Gasteiger partial charge in [0.15, 0.2) is 0 Å². The number of carboxylic acids is 1. The Bertz CT molecular complexity index is 802. The Balaban J connectivity index is 1.99. The average molecular weight is 279 g/mol. The third kappa shape index (κ3) is 2.82. The van der Waals surface area contributed by atoms with Crippen molar-refractivity contribution in [1.29, 1.82) is 0 Å². The van der Waals surface area contributed by atoms with E-state index in [-0.39, 0.29) is 6.42 Å². The van der Waals surface area contributed by atoms with Gasteiger partial charge in [0, 0.05) is 18.3 Å². The van der Waals surface area contributed by atoms with Crippen molar-refractivity contribution in [2.45, 2.75) is 19.9 Å². The summed E-state index contributed by atoms with van der Waals surface area (Å²) in [6, 6.07) is 16.2. The van der Waals surface area contributed by atoms with E-state index in [1.807, 2.05) is 30.3 Å². The second-order valence-corrected chi connectivity index (χ2v) is 5.33. The lowest BCUT2D eigenvalue weighted by Crippen LogP contribution is -2.02. The molecule has 0 bridgehead atoms. The number of aliphatic carboxylic acids is 1. The van der Waals surface area contributed by atoms with Crippen LogP contribution in [0.2, 0.25) is 0 Å². The lowest BCUT2D eigenvalue weighted by atomic mass is 10.1. The summed E-state index contributed by atoms with van der Waals surface area (Å²) in [5, 5.41) is 10.1. The van der Waals surface area contributed by atoms with Gasteiger partial charge in [-0.25, -0.2) is 0 Å². The molecule has 1 heterocycles. The van der Waals surface area contributed by atoms with Crippen molar-refractivity contribution in [3.05, 3.63) is 71.4 Å². The molecular weight excluding hydrogens is 262 g/mol. The van der Waals surface area contributed by atoms with Gasteiger partial charge in [0.25, 0.3) is 0 Å². The highest BCUT2D eigenvalue weighted by Gasteiger charge is 2.06. The molecule has 0 aliphatic heterocycles. The zero-order chi connectivity index (χ0) is 14.8. The first kappa shape index (κ1) is 13.4. The number of hydrogen-bond donors (Lipinski definition) is 1. The van der Waals surface area contributed by atoms with Crippen LogP contribution in [0.1, 0.15) is 16.7 Å². The molecule has 0 radical (unpaired) electrons. The van der Waals surface area contributed by atoms with Crippen LogP contribution in [0, 0.1) is 6.92 Å². The minimum Gasteiger partial charge on any atom is -0.481 e. The van der Waals surface area contributed by atoms with E-state index in [0.29, 0.717) is 0 Å². The predicted molar refractivity (Wildman–Crippen MR) is 83.6 cm³/mol. The van der Waals surface area contributed by atoms with Crippen LogP contribution in [0.15, 0.2) is 54.7 Å². The van der Waals surface area contributed by atoms with Gasteiger partial charge in [0.1, 0.15) is 0 Å². The number of aryl methyl sites for hydroxylation is 1. The molecule has 21 heavy (non-hydrogen) atoms. The van der Waals surface area contributed by atoms with Gasteiger partial charge in [0.2, 0.25) is 0 Å². The van der Waals surface area contributed by atoms with Gasteiger partial charge >= 0.3 is 5.97 Å². The molecule has 0 aliphatic carbocycles. The molecule has 0 spiro atoms. The number of benzene rings is 2. The van der Waals surface area contributed by atoms with Crippen LogP contribution in [-0.4, -0.2) is 15.6 Å². The molecule has 1 N–H and O–H groups in total. The number of hydrogen-bond acceptors (Lipinski definition) is 1. The van der Waals surface area contributed by atoms with E-state index in [2.05, 4.69) is 35.9 Å². The third-order valence-electron chi connectivity index (χ3n) is 3.80. The number of carbonyl (C=O) groups is 1. The molecule has 0 fully saturated rings. The average Bonchev–Trinajstić information content (AvgIpc) is 2.83. The SMILES string of the molecule is Cc1ccccc1Cn1ccc2ccc(CC(=O)O)cc21. The maximum atomic E-state index is 10.9. The maximum Gasteiger partial charge on any atom is 0.307 e. The molecule has 0 aliphatic rings. The van der Waals surface area contributed by atoms with Crippen molar-refractivity contribution < 1.29 is 9.90 Å². The van der Waals surface area contributed by atoms with Gasteiger partial charge in [0.05, 0.1) is 6.42 Å². The Hall–Kier alpha value is -2.55. The van der Waals surface area contributed by atoms with E-state index in [4.69, 9.17) is 5.11 Å². The standard InChI is InChI=1S/C18H17NO2/c1-13-4-2-3-5-16(13)12-19-9-8-15-7-6-14(10-17(15)19)11-18(20)21/h2-10H,11-12H2,1H3,(H,20,21). The molecular formula is C18H17NO2. The molecule has 0 saturated heterocycles. The predicted octanol–water partition coefficient (Wildman–Crippen LogP) is 3.63. The fourth-order valence-corrected chi connectivity index (χ4v) is 2.62. The summed E-state index contributed by atoms with van der Waals surface area (Å²) >= 11 is 0. The van der Waals surface area contributed by atoms with E-state index >= 15 is 0 Å². The number of rotatable bonds is 4. The molecule has 3 aromatic rings. The highest BCUT2D eigenvalue weighted by molar-refractivity contribution is 5.82. The first-order valence-electron chi connectivity index (χ1n) is 6.97. The summed E-state index contributed by atoms with van der Waals surface area (Å²) in [7, 11) is 0. The summed E-state index contributed by atoms with van der Waals surface area (Å²) in [5.74, 6) is -0.800. The van der Waals surface area contributed by atoms with E-state index in [9.17, 15) is 4.79 Å². The Labute approximate surface area is 123 Å². The fraction of sp³-hybridized carbons (Fsp3) is 0.167. The van der Waals surface area contributed by atoms with Gasteiger partial charge in [-0.2, -0.15) is 0 Å². The van der Waals surface area contributed by atoms with Crippen molar-refractivity contribution in [3.8, 4) is 0 Å². The van der Waals surface area contributed by atoms with E-state index in [1.165, 1.54) is 11.1 Å². The van der Waals surface area contributed by atoms with Crippen LogP contribution in [0.25, 0.3) is 10.9 Å². The second-order valence-electron chi connectivity index (χ2n) is 5.33. The van der Waals surface area contributed by atoms with Crippen molar-refractivity contribution in [2.75, 3.05) is 0 Å². The lowest BCUT2D eigenvalue weighted by molar-refractivity contribution is -0.136. The first-order valence-corrected chi connectivity index (χ1v) is 6.97. The Kier molecular flexibility index (Phi) is 3.48. The molecule has 3 rings (SSSR count). The molecule has 0 amide bonds. The topological polar surface area (TPSA) is 42.2 Å². The van der Waals surface area contributed by atoms with E-state index in [1.54, 1.807) is 0 Å². The lowest BCUT2D eigenvalue weighted by Gasteiger charge is -2.09. The highest BCUT2D eigenvalue weighted by Crippen LogP contribution is 2.20. The summed E-state index contributed by atoms with van der Waals surface area (Å²) in [4.78, 5) is 10.9. The molecule has 2 aromatic carbocycles. The number of aromatic nitrogens is 1. The quantitative estimate of drug-likeness (QED) is 0.792. The molecule has 3 heteroatoms. The van der Waals surface area contributed by atoms with Crippen molar-refractivity contribution in [3.63, 3.8) is 0 Å². The van der Waals surface area contributed by atoms with Gasteiger partial charge in [-0.3, -0.25) is 4.79 Å². The van der Waals surface area contributed by atoms with Crippen LogP contribution in [-0.2, 0) is 17.8 Å². The van der Waals surface area contributed by atoms with Crippen molar-refractivity contribution in [2.24, 2.45) is 0 Å². The smallest absolute Gasteiger partial charge is 0.307 e. The largest absolute Gasteiger partial charge is 0.481 e.